The van der Waals surface area contributed by atoms with E-state index in [4.69, 9.17) is 10.5 Å². The smallest absolute Gasteiger partial charge is 0.123 e. The number of ether oxygens (including phenoxy) is 1. The first-order chi connectivity index (χ1) is 10.1. The lowest BCUT2D eigenvalue weighted by molar-refractivity contribution is 0.00980. The van der Waals surface area contributed by atoms with Gasteiger partial charge in [-0.2, -0.15) is 0 Å². The first-order valence-electron chi connectivity index (χ1n) is 6.61. The maximum absolute atomic E-state index is 13.0. The predicted molar refractivity (Wildman–Crippen MR) is 75.7 cm³/mol. The van der Waals surface area contributed by atoms with Crippen molar-refractivity contribution >= 4 is 0 Å². The summed E-state index contributed by atoms with van der Waals surface area (Å²) in [5.41, 5.74) is 6.78. The average molecular weight is 293 g/mol. The van der Waals surface area contributed by atoms with Crippen molar-refractivity contribution in [2.75, 3.05) is 13.2 Å². The van der Waals surface area contributed by atoms with Crippen LogP contribution in [0.25, 0.3) is 0 Å². The standard InChI is InChI=1S/C16H17F2NO2/c17-13-5-1-11(2-6-13)16(21-10-15(20)9-19)12-3-7-14(18)8-4-12/h1-8,15-16,20H,9-10,19H2. The van der Waals surface area contributed by atoms with Gasteiger partial charge < -0.3 is 15.6 Å². The van der Waals surface area contributed by atoms with E-state index in [0.717, 1.165) is 0 Å². The fourth-order valence-electron chi connectivity index (χ4n) is 1.94. The Hall–Kier alpha value is -1.82. The normalized spacial score (nSPS) is 12.6. The minimum absolute atomic E-state index is 0.0376. The van der Waals surface area contributed by atoms with Crippen LogP contribution in [-0.2, 0) is 4.74 Å². The highest BCUT2D eigenvalue weighted by Crippen LogP contribution is 2.26. The molecule has 0 aliphatic rings. The lowest BCUT2D eigenvalue weighted by Crippen LogP contribution is -2.26. The third-order valence-corrected chi connectivity index (χ3v) is 3.07. The number of aliphatic hydroxyl groups is 1. The molecule has 0 spiro atoms. The number of rotatable bonds is 6. The molecule has 0 heterocycles. The fourth-order valence-corrected chi connectivity index (χ4v) is 1.94. The fraction of sp³-hybridized carbons (Fsp3) is 0.250. The minimum atomic E-state index is -0.784. The number of halogens is 2. The van der Waals surface area contributed by atoms with Crippen LogP contribution in [0.15, 0.2) is 48.5 Å². The zero-order valence-electron chi connectivity index (χ0n) is 11.4. The molecule has 0 radical (unpaired) electrons. The summed E-state index contributed by atoms with van der Waals surface area (Å²) in [5, 5.41) is 9.52. The van der Waals surface area contributed by atoms with Gasteiger partial charge in [0, 0.05) is 6.54 Å². The molecule has 0 saturated heterocycles. The third-order valence-electron chi connectivity index (χ3n) is 3.07. The molecule has 2 aromatic rings. The molecule has 0 bridgehead atoms. The summed E-state index contributed by atoms with van der Waals surface area (Å²) in [7, 11) is 0. The topological polar surface area (TPSA) is 55.5 Å². The van der Waals surface area contributed by atoms with Crippen LogP contribution in [0.1, 0.15) is 17.2 Å². The van der Waals surface area contributed by atoms with Gasteiger partial charge in [0.1, 0.15) is 17.7 Å². The molecule has 2 aromatic carbocycles. The zero-order valence-corrected chi connectivity index (χ0v) is 11.4. The van der Waals surface area contributed by atoms with Crippen molar-refractivity contribution in [1.82, 2.24) is 0 Å². The Morgan fingerprint density at radius 1 is 0.905 bits per heavy atom. The second kappa shape index (κ2) is 7.26. The Morgan fingerprint density at radius 3 is 1.71 bits per heavy atom. The van der Waals surface area contributed by atoms with Gasteiger partial charge in [-0.25, -0.2) is 8.78 Å². The van der Waals surface area contributed by atoms with E-state index in [2.05, 4.69) is 0 Å². The first-order valence-corrected chi connectivity index (χ1v) is 6.61. The van der Waals surface area contributed by atoms with Crippen molar-refractivity contribution in [2.24, 2.45) is 5.73 Å². The zero-order chi connectivity index (χ0) is 15.2. The van der Waals surface area contributed by atoms with Gasteiger partial charge in [0.15, 0.2) is 0 Å². The summed E-state index contributed by atoms with van der Waals surface area (Å²) in [6.45, 7) is 0.121. The van der Waals surface area contributed by atoms with E-state index < -0.39 is 12.2 Å². The van der Waals surface area contributed by atoms with Crippen LogP contribution >= 0.6 is 0 Å². The summed E-state index contributed by atoms with van der Waals surface area (Å²) >= 11 is 0. The maximum Gasteiger partial charge on any atom is 0.123 e. The first kappa shape index (κ1) is 15.6. The molecule has 0 amide bonds. The number of benzene rings is 2. The molecule has 1 unspecified atom stereocenters. The third kappa shape index (κ3) is 4.32. The van der Waals surface area contributed by atoms with Gasteiger partial charge in [-0.15, -0.1) is 0 Å². The van der Waals surface area contributed by atoms with Crippen molar-refractivity contribution in [2.45, 2.75) is 12.2 Å². The monoisotopic (exact) mass is 293 g/mol. The Bertz CT molecular complexity index is 512. The van der Waals surface area contributed by atoms with E-state index in [1.54, 1.807) is 24.3 Å². The van der Waals surface area contributed by atoms with Crippen LogP contribution in [0.5, 0.6) is 0 Å². The Balaban J connectivity index is 2.25. The second-order valence-corrected chi connectivity index (χ2v) is 4.71. The molecule has 0 aliphatic heterocycles. The molecule has 21 heavy (non-hydrogen) atoms. The molecule has 3 nitrogen and oxygen atoms in total. The van der Waals surface area contributed by atoms with Crippen molar-refractivity contribution in [3.05, 3.63) is 71.3 Å². The van der Waals surface area contributed by atoms with Gasteiger partial charge >= 0.3 is 0 Å². The van der Waals surface area contributed by atoms with Crippen molar-refractivity contribution in [3.63, 3.8) is 0 Å². The summed E-state index contributed by atoms with van der Waals surface area (Å²) in [4.78, 5) is 0. The van der Waals surface area contributed by atoms with Crippen LogP contribution < -0.4 is 5.73 Å². The van der Waals surface area contributed by atoms with E-state index in [-0.39, 0.29) is 24.8 Å². The Morgan fingerprint density at radius 2 is 1.33 bits per heavy atom. The lowest BCUT2D eigenvalue weighted by atomic mass is 10.0. The van der Waals surface area contributed by atoms with Crippen LogP contribution in [0, 0.1) is 11.6 Å². The Labute approximate surface area is 122 Å². The van der Waals surface area contributed by atoms with Crippen LogP contribution in [0.4, 0.5) is 8.78 Å². The molecule has 0 aromatic heterocycles. The number of hydrogen-bond donors (Lipinski definition) is 2. The molecule has 1 atom stereocenters. The van der Waals surface area contributed by atoms with E-state index in [1.165, 1.54) is 24.3 Å². The van der Waals surface area contributed by atoms with Crippen molar-refractivity contribution in [1.29, 1.82) is 0 Å². The van der Waals surface area contributed by atoms with Gasteiger partial charge in [0.2, 0.25) is 0 Å². The summed E-state index contributed by atoms with van der Waals surface area (Å²) < 4.78 is 31.7. The van der Waals surface area contributed by atoms with E-state index in [9.17, 15) is 13.9 Å². The second-order valence-electron chi connectivity index (χ2n) is 4.71. The number of hydrogen-bond acceptors (Lipinski definition) is 3. The van der Waals surface area contributed by atoms with Crippen LogP contribution in [0.3, 0.4) is 0 Å². The SMILES string of the molecule is NCC(O)COC(c1ccc(F)cc1)c1ccc(F)cc1. The highest BCUT2D eigenvalue weighted by Gasteiger charge is 2.16. The molecule has 5 heteroatoms. The average Bonchev–Trinajstić information content (AvgIpc) is 2.50. The number of nitrogens with two attached hydrogens (primary N) is 1. The predicted octanol–water partition coefficient (Wildman–Crippen LogP) is 2.39. The van der Waals surface area contributed by atoms with Gasteiger partial charge in [0.05, 0.1) is 12.7 Å². The van der Waals surface area contributed by atoms with E-state index >= 15 is 0 Å². The van der Waals surface area contributed by atoms with Crippen LogP contribution in [-0.4, -0.2) is 24.4 Å². The van der Waals surface area contributed by atoms with Gasteiger partial charge in [-0.3, -0.25) is 0 Å². The molecule has 3 N–H and O–H groups in total. The number of aliphatic hydroxyl groups excluding tert-OH is 1. The van der Waals surface area contributed by atoms with E-state index in [1.807, 2.05) is 0 Å². The molecule has 0 saturated carbocycles. The minimum Gasteiger partial charge on any atom is -0.389 e. The molecule has 0 aliphatic carbocycles. The Kier molecular flexibility index (Phi) is 5.38. The van der Waals surface area contributed by atoms with Crippen molar-refractivity contribution < 1.29 is 18.6 Å². The molecule has 0 fully saturated rings. The summed E-state index contributed by atoms with van der Waals surface area (Å²) in [6.07, 6.45) is -1.30. The van der Waals surface area contributed by atoms with E-state index in [0.29, 0.717) is 11.1 Å². The summed E-state index contributed by atoms with van der Waals surface area (Å²) in [5.74, 6) is -0.697. The highest BCUT2D eigenvalue weighted by atomic mass is 19.1. The maximum atomic E-state index is 13.0. The highest BCUT2D eigenvalue weighted by molar-refractivity contribution is 5.30. The molecule has 112 valence electrons. The van der Waals surface area contributed by atoms with Gasteiger partial charge in [-0.05, 0) is 35.4 Å². The van der Waals surface area contributed by atoms with Crippen LogP contribution in [0.2, 0.25) is 0 Å². The largest absolute Gasteiger partial charge is 0.389 e. The quantitative estimate of drug-likeness (QED) is 0.860. The molecular weight excluding hydrogens is 276 g/mol. The van der Waals surface area contributed by atoms with Gasteiger partial charge in [0.25, 0.3) is 0 Å². The molecular formula is C16H17F2NO2. The summed E-state index contributed by atoms with van der Waals surface area (Å²) in [6, 6.07) is 11.7. The van der Waals surface area contributed by atoms with Gasteiger partial charge in [-0.1, -0.05) is 24.3 Å². The van der Waals surface area contributed by atoms with Crippen molar-refractivity contribution in [3.8, 4) is 0 Å². The lowest BCUT2D eigenvalue weighted by Gasteiger charge is -2.20. The molecule has 2 rings (SSSR count).